The smallest absolute Gasteiger partial charge is 0.337 e. The molecule has 0 aliphatic rings. The van der Waals surface area contributed by atoms with Gasteiger partial charge in [-0.15, -0.1) is 0 Å². The van der Waals surface area contributed by atoms with Crippen LogP contribution in [0.25, 0.3) is 0 Å². The molecule has 0 spiro atoms. The maximum absolute atomic E-state index is 12.0. The van der Waals surface area contributed by atoms with E-state index in [1.807, 2.05) is 6.07 Å². The molecule has 1 heterocycles. The van der Waals surface area contributed by atoms with Gasteiger partial charge in [-0.2, -0.15) is 5.26 Å². The van der Waals surface area contributed by atoms with Crippen molar-refractivity contribution in [3.8, 4) is 6.07 Å². The molecule has 7 heteroatoms. The van der Waals surface area contributed by atoms with Gasteiger partial charge in [-0.1, -0.05) is 6.07 Å². The van der Waals surface area contributed by atoms with Crippen molar-refractivity contribution in [2.45, 2.75) is 0 Å². The van der Waals surface area contributed by atoms with Crippen LogP contribution in [-0.4, -0.2) is 22.0 Å². The summed E-state index contributed by atoms with van der Waals surface area (Å²) < 4.78 is 0.494. The Morgan fingerprint density at radius 3 is 2.67 bits per heavy atom. The van der Waals surface area contributed by atoms with Gasteiger partial charge in [-0.3, -0.25) is 4.79 Å². The van der Waals surface area contributed by atoms with Crippen LogP contribution in [0.3, 0.4) is 0 Å². The Morgan fingerprint density at radius 2 is 2.05 bits per heavy atom. The second-order valence-electron chi connectivity index (χ2n) is 3.98. The first-order chi connectivity index (χ1) is 10.0. The predicted octanol–water partition coefficient (Wildman–Crippen LogP) is 2.67. The molecule has 2 aromatic rings. The summed E-state index contributed by atoms with van der Waals surface area (Å²) in [5.41, 5.74) is 0.293. The molecule has 0 unspecified atom stereocenters. The van der Waals surface area contributed by atoms with Crippen molar-refractivity contribution < 1.29 is 14.7 Å². The van der Waals surface area contributed by atoms with E-state index in [1.165, 1.54) is 24.3 Å². The summed E-state index contributed by atoms with van der Waals surface area (Å²) >= 11 is 3.15. The number of nitriles is 1. The number of anilines is 1. The second-order valence-corrected chi connectivity index (χ2v) is 4.79. The lowest BCUT2D eigenvalue weighted by atomic mass is 10.1. The summed E-state index contributed by atoms with van der Waals surface area (Å²) in [6.07, 6.45) is 0. The van der Waals surface area contributed by atoms with Crippen LogP contribution < -0.4 is 5.32 Å². The Labute approximate surface area is 128 Å². The quantitative estimate of drug-likeness (QED) is 0.832. The van der Waals surface area contributed by atoms with E-state index in [0.29, 0.717) is 4.60 Å². The molecule has 2 N–H and O–H groups in total. The first kappa shape index (κ1) is 14.7. The van der Waals surface area contributed by atoms with Gasteiger partial charge in [0.25, 0.3) is 5.91 Å². The van der Waals surface area contributed by atoms with E-state index < -0.39 is 11.9 Å². The number of hydrogen-bond acceptors (Lipinski definition) is 4. The van der Waals surface area contributed by atoms with Crippen LogP contribution in [0.1, 0.15) is 26.4 Å². The Balaban J connectivity index is 2.33. The van der Waals surface area contributed by atoms with Gasteiger partial charge in [0.05, 0.1) is 22.9 Å². The van der Waals surface area contributed by atoms with E-state index in [1.54, 1.807) is 12.1 Å². The van der Waals surface area contributed by atoms with E-state index in [4.69, 9.17) is 10.4 Å². The fraction of sp³-hybridized carbons (Fsp3) is 0. The van der Waals surface area contributed by atoms with Gasteiger partial charge in [0.1, 0.15) is 10.3 Å². The molecule has 0 bridgehead atoms. The van der Waals surface area contributed by atoms with E-state index in [2.05, 4.69) is 26.2 Å². The number of carbonyl (C=O) groups is 2. The van der Waals surface area contributed by atoms with Crippen molar-refractivity contribution in [1.29, 1.82) is 5.26 Å². The summed E-state index contributed by atoms with van der Waals surface area (Å²) in [5.74, 6) is -1.77. The highest BCUT2D eigenvalue weighted by atomic mass is 79.9. The minimum Gasteiger partial charge on any atom is -0.478 e. The maximum Gasteiger partial charge on any atom is 0.337 e. The molecular formula is C14H8BrN3O3. The molecule has 21 heavy (non-hydrogen) atoms. The Kier molecular flexibility index (Phi) is 4.30. The van der Waals surface area contributed by atoms with Crippen LogP contribution in [0.4, 0.5) is 5.69 Å². The number of aromatic nitrogens is 1. The molecular weight excluding hydrogens is 338 g/mol. The molecule has 0 fully saturated rings. The lowest BCUT2D eigenvalue weighted by Gasteiger charge is -2.08. The summed E-state index contributed by atoms with van der Waals surface area (Å²) in [6.45, 7) is 0. The normalized spacial score (nSPS) is 9.71. The second kappa shape index (κ2) is 6.15. The van der Waals surface area contributed by atoms with E-state index in [9.17, 15) is 9.59 Å². The van der Waals surface area contributed by atoms with Crippen LogP contribution in [0.5, 0.6) is 0 Å². The maximum atomic E-state index is 12.0. The van der Waals surface area contributed by atoms with Crippen LogP contribution >= 0.6 is 15.9 Å². The third-order valence-electron chi connectivity index (χ3n) is 2.58. The number of pyridine rings is 1. The monoisotopic (exact) mass is 345 g/mol. The number of nitrogens with zero attached hydrogens (tertiary/aromatic N) is 2. The highest BCUT2D eigenvalue weighted by Crippen LogP contribution is 2.18. The zero-order valence-electron chi connectivity index (χ0n) is 10.5. The highest BCUT2D eigenvalue weighted by molar-refractivity contribution is 9.10. The van der Waals surface area contributed by atoms with Crippen molar-refractivity contribution in [2.75, 3.05) is 5.32 Å². The Hall–Kier alpha value is -2.72. The van der Waals surface area contributed by atoms with Gasteiger partial charge in [-0.25, -0.2) is 9.78 Å². The lowest BCUT2D eigenvalue weighted by molar-refractivity contribution is 0.0698. The summed E-state index contributed by atoms with van der Waals surface area (Å²) in [6, 6.07) is 10.7. The standard InChI is InChI=1S/C14H8BrN3O3/c15-12-3-1-2-11(17-12)13(19)18-10-5-4-8(7-16)6-9(10)14(20)21/h1-6H,(H,18,19)(H,20,21). The van der Waals surface area contributed by atoms with Gasteiger partial charge >= 0.3 is 5.97 Å². The largest absolute Gasteiger partial charge is 0.478 e. The molecule has 104 valence electrons. The van der Waals surface area contributed by atoms with Crippen LogP contribution in [0.2, 0.25) is 0 Å². The van der Waals surface area contributed by atoms with Gasteiger partial charge in [0, 0.05) is 0 Å². The number of hydrogen-bond donors (Lipinski definition) is 2. The number of carboxylic acid groups (broad SMARTS) is 1. The summed E-state index contributed by atoms with van der Waals surface area (Å²) in [4.78, 5) is 27.2. The molecule has 0 atom stereocenters. The highest BCUT2D eigenvalue weighted by Gasteiger charge is 2.15. The minimum absolute atomic E-state index is 0.105. The Bertz CT molecular complexity index is 768. The first-order valence-electron chi connectivity index (χ1n) is 5.72. The molecule has 6 nitrogen and oxygen atoms in total. The van der Waals surface area contributed by atoms with Gasteiger partial charge < -0.3 is 10.4 Å². The molecule has 0 aliphatic carbocycles. The third-order valence-corrected chi connectivity index (χ3v) is 3.02. The molecule has 1 amide bonds. The first-order valence-corrected chi connectivity index (χ1v) is 6.52. The SMILES string of the molecule is N#Cc1ccc(NC(=O)c2cccc(Br)n2)c(C(=O)O)c1. The van der Waals surface area contributed by atoms with Crippen molar-refractivity contribution in [3.05, 3.63) is 57.8 Å². The zero-order chi connectivity index (χ0) is 15.4. The average molecular weight is 346 g/mol. The van der Waals surface area contributed by atoms with Crippen molar-refractivity contribution >= 4 is 33.5 Å². The molecule has 0 saturated carbocycles. The fourth-order valence-electron chi connectivity index (χ4n) is 1.62. The third kappa shape index (κ3) is 3.43. The topological polar surface area (TPSA) is 103 Å². The van der Waals surface area contributed by atoms with Crippen molar-refractivity contribution in [2.24, 2.45) is 0 Å². The molecule has 2 rings (SSSR count). The number of carbonyl (C=O) groups excluding carboxylic acids is 1. The van der Waals surface area contributed by atoms with Crippen molar-refractivity contribution in [1.82, 2.24) is 4.98 Å². The zero-order valence-corrected chi connectivity index (χ0v) is 12.1. The number of carboxylic acids is 1. The number of halogens is 1. The number of nitrogens with one attached hydrogen (secondary N) is 1. The van der Waals surface area contributed by atoms with Crippen LogP contribution in [0, 0.1) is 11.3 Å². The number of benzene rings is 1. The number of rotatable bonds is 3. The van der Waals surface area contributed by atoms with Gasteiger partial charge in [0.15, 0.2) is 0 Å². The molecule has 1 aromatic carbocycles. The summed E-state index contributed by atoms with van der Waals surface area (Å²) in [7, 11) is 0. The minimum atomic E-state index is -1.23. The van der Waals surface area contributed by atoms with Gasteiger partial charge in [0.2, 0.25) is 0 Å². The van der Waals surface area contributed by atoms with Crippen LogP contribution in [0.15, 0.2) is 41.0 Å². The van der Waals surface area contributed by atoms with Crippen molar-refractivity contribution in [3.63, 3.8) is 0 Å². The van der Waals surface area contributed by atoms with Crippen LogP contribution in [-0.2, 0) is 0 Å². The lowest BCUT2D eigenvalue weighted by Crippen LogP contribution is -2.16. The predicted molar refractivity (Wildman–Crippen MR) is 78.0 cm³/mol. The number of amides is 1. The molecule has 0 radical (unpaired) electrons. The average Bonchev–Trinajstić information content (AvgIpc) is 2.47. The van der Waals surface area contributed by atoms with E-state index in [0.717, 1.165) is 0 Å². The van der Waals surface area contributed by atoms with E-state index in [-0.39, 0.29) is 22.5 Å². The summed E-state index contributed by atoms with van der Waals surface area (Å²) in [5, 5.41) is 20.4. The molecule has 0 aliphatic heterocycles. The van der Waals surface area contributed by atoms with Gasteiger partial charge in [-0.05, 0) is 46.3 Å². The molecule has 1 aromatic heterocycles. The number of aromatic carboxylic acids is 1. The Morgan fingerprint density at radius 1 is 1.29 bits per heavy atom. The molecule has 0 saturated heterocycles. The fourth-order valence-corrected chi connectivity index (χ4v) is 1.96. The van der Waals surface area contributed by atoms with E-state index >= 15 is 0 Å².